The van der Waals surface area contributed by atoms with Crippen LogP contribution in [0.1, 0.15) is 36.0 Å². The van der Waals surface area contributed by atoms with Gasteiger partial charge in [-0.05, 0) is 43.9 Å². The standard InChI is InChI=1S/C14H19N3O/c15-12-9-10(14(18)16-11-4-5-11)3-6-13(12)17-7-1-2-8-17/h3,6,9,11H,1-2,4-5,7-8,15H2,(H,16,18). The van der Waals surface area contributed by atoms with Crippen LogP contribution in [0.4, 0.5) is 11.4 Å². The quantitative estimate of drug-likeness (QED) is 0.798. The molecule has 1 aliphatic carbocycles. The van der Waals surface area contributed by atoms with Crippen molar-refractivity contribution in [2.24, 2.45) is 0 Å². The number of nitrogens with two attached hydrogens (primary N) is 1. The lowest BCUT2D eigenvalue weighted by Crippen LogP contribution is -2.26. The zero-order chi connectivity index (χ0) is 12.5. The van der Waals surface area contributed by atoms with Gasteiger partial charge in [-0.3, -0.25) is 4.79 Å². The molecule has 3 N–H and O–H groups in total. The van der Waals surface area contributed by atoms with E-state index in [4.69, 9.17) is 5.73 Å². The van der Waals surface area contributed by atoms with Gasteiger partial charge in [-0.25, -0.2) is 0 Å². The second-order valence-corrected chi connectivity index (χ2v) is 5.22. The molecule has 1 saturated heterocycles. The van der Waals surface area contributed by atoms with Gasteiger partial charge in [0.2, 0.25) is 0 Å². The van der Waals surface area contributed by atoms with Crippen molar-refractivity contribution in [2.75, 3.05) is 23.7 Å². The molecule has 4 heteroatoms. The Labute approximate surface area is 107 Å². The van der Waals surface area contributed by atoms with Gasteiger partial charge in [-0.1, -0.05) is 0 Å². The Kier molecular flexibility index (Phi) is 2.86. The van der Waals surface area contributed by atoms with Crippen LogP contribution < -0.4 is 16.0 Å². The first-order chi connectivity index (χ1) is 8.74. The Bertz CT molecular complexity index is 462. The number of rotatable bonds is 3. The summed E-state index contributed by atoms with van der Waals surface area (Å²) in [5.74, 6) is -0.00262. The third kappa shape index (κ3) is 2.28. The highest BCUT2D eigenvalue weighted by Crippen LogP contribution is 2.28. The fourth-order valence-electron chi connectivity index (χ4n) is 2.44. The average molecular weight is 245 g/mol. The van der Waals surface area contributed by atoms with Gasteiger partial charge in [0.25, 0.3) is 5.91 Å². The largest absolute Gasteiger partial charge is 0.397 e. The highest BCUT2D eigenvalue weighted by Gasteiger charge is 2.24. The number of nitrogen functional groups attached to an aromatic ring is 1. The molecule has 4 nitrogen and oxygen atoms in total. The first-order valence-corrected chi connectivity index (χ1v) is 6.69. The molecular formula is C14H19N3O. The van der Waals surface area contributed by atoms with Crippen LogP contribution in [0.5, 0.6) is 0 Å². The molecule has 1 saturated carbocycles. The number of benzene rings is 1. The third-order valence-electron chi connectivity index (χ3n) is 3.65. The first-order valence-electron chi connectivity index (χ1n) is 6.69. The predicted molar refractivity (Wildman–Crippen MR) is 72.8 cm³/mol. The van der Waals surface area contributed by atoms with E-state index >= 15 is 0 Å². The number of nitrogens with zero attached hydrogens (tertiary/aromatic N) is 1. The maximum atomic E-state index is 11.9. The number of hydrogen-bond donors (Lipinski definition) is 2. The summed E-state index contributed by atoms with van der Waals surface area (Å²) in [5.41, 5.74) is 8.51. The lowest BCUT2D eigenvalue weighted by atomic mass is 10.1. The zero-order valence-corrected chi connectivity index (χ0v) is 10.5. The van der Waals surface area contributed by atoms with Gasteiger partial charge in [0.1, 0.15) is 0 Å². The molecule has 3 rings (SSSR count). The molecule has 1 amide bonds. The molecule has 18 heavy (non-hydrogen) atoms. The zero-order valence-electron chi connectivity index (χ0n) is 10.5. The van der Waals surface area contributed by atoms with E-state index in [1.165, 1.54) is 12.8 Å². The SMILES string of the molecule is Nc1cc(C(=O)NC2CC2)ccc1N1CCCC1. The van der Waals surface area contributed by atoms with Crippen LogP contribution in [0.3, 0.4) is 0 Å². The molecule has 96 valence electrons. The summed E-state index contributed by atoms with van der Waals surface area (Å²) in [6.45, 7) is 2.13. The molecule has 1 aliphatic heterocycles. The molecule has 0 bridgehead atoms. The van der Waals surface area contributed by atoms with Crippen LogP contribution in [-0.4, -0.2) is 25.0 Å². The monoisotopic (exact) mass is 245 g/mol. The van der Waals surface area contributed by atoms with Gasteiger partial charge >= 0.3 is 0 Å². The Hall–Kier alpha value is -1.71. The Morgan fingerprint density at radius 2 is 2.00 bits per heavy atom. The van der Waals surface area contributed by atoms with Gasteiger partial charge in [0, 0.05) is 24.7 Å². The lowest BCUT2D eigenvalue weighted by molar-refractivity contribution is 0.0951. The van der Waals surface area contributed by atoms with Crippen molar-refractivity contribution in [1.29, 1.82) is 0 Å². The summed E-state index contributed by atoms with van der Waals surface area (Å²) in [5, 5.41) is 2.98. The van der Waals surface area contributed by atoms with E-state index in [0.29, 0.717) is 17.3 Å². The molecule has 1 aromatic carbocycles. The van der Waals surface area contributed by atoms with Crippen LogP contribution in [0, 0.1) is 0 Å². The molecule has 0 aromatic heterocycles. The van der Waals surface area contributed by atoms with Crippen molar-refractivity contribution in [3.63, 3.8) is 0 Å². The highest BCUT2D eigenvalue weighted by atomic mass is 16.1. The van der Waals surface area contributed by atoms with Gasteiger partial charge in [-0.2, -0.15) is 0 Å². The van der Waals surface area contributed by atoms with E-state index in [9.17, 15) is 4.79 Å². The maximum absolute atomic E-state index is 11.9. The molecular weight excluding hydrogens is 226 g/mol. The van der Waals surface area contributed by atoms with Crippen LogP contribution >= 0.6 is 0 Å². The van der Waals surface area contributed by atoms with Gasteiger partial charge in [-0.15, -0.1) is 0 Å². The van der Waals surface area contributed by atoms with Crippen molar-refractivity contribution in [3.8, 4) is 0 Å². The van der Waals surface area contributed by atoms with Gasteiger partial charge in [0.05, 0.1) is 11.4 Å². The summed E-state index contributed by atoms with van der Waals surface area (Å²) in [4.78, 5) is 14.2. The van der Waals surface area contributed by atoms with Crippen LogP contribution in [0.2, 0.25) is 0 Å². The van der Waals surface area contributed by atoms with E-state index in [1.807, 2.05) is 12.1 Å². The summed E-state index contributed by atoms with van der Waals surface area (Å²) in [6.07, 6.45) is 4.66. The number of carbonyl (C=O) groups excluding carboxylic acids is 1. The second-order valence-electron chi connectivity index (χ2n) is 5.22. The minimum absolute atomic E-state index is 0.00262. The maximum Gasteiger partial charge on any atom is 0.251 e. The topological polar surface area (TPSA) is 58.4 Å². The molecule has 0 unspecified atom stereocenters. The van der Waals surface area contributed by atoms with Gasteiger partial charge in [0.15, 0.2) is 0 Å². The lowest BCUT2D eigenvalue weighted by Gasteiger charge is -2.20. The number of anilines is 2. The van der Waals surface area contributed by atoms with Crippen molar-refractivity contribution in [2.45, 2.75) is 31.7 Å². The minimum Gasteiger partial charge on any atom is -0.397 e. The Morgan fingerprint density at radius 1 is 1.28 bits per heavy atom. The van der Waals surface area contributed by atoms with Crippen molar-refractivity contribution < 1.29 is 4.79 Å². The molecule has 2 aliphatic rings. The van der Waals surface area contributed by atoms with E-state index in [1.54, 1.807) is 6.07 Å². The summed E-state index contributed by atoms with van der Waals surface area (Å²) in [7, 11) is 0. The number of hydrogen-bond acceptors (Lipinski definition) is 3. The van der Waals surface area contributed by atoms with Crippen LogP contribution in [0.15, 0.2) is 18.2 Å². The number of carbonyl (C=O) groups is 1. The third-order valence-corrected chi connectivity index (χ3v) is 3.65. The summed E-state index contributed by atoms with van der Waals surface area (Å²) in [6, 6.07) is 6.03. The highest BCUT2D eigenvalue weighted by molar-refractivity contribution is 5.96. The second kappa shape index (κ2) is 4.52. The van der Waals surface area contributed by atoms with Crippen LogP contribution in [-0.2, 0) is 0 Å². The van der Waals surface area contributed by atoms with E-state index in [0.717, 1.165) is 31.6 Å². The molecule has 0 spiro atoms. The number of nitrogens with one attached hydrogen (secondary N) is 1. The van der Waals surface area contributed by atoms with E-state index < -0.39 is 0 Å². The minimum atomic E-state index is -0.00262. The van der Waals surface area contributed by atoms with E-state index in [-0.39, 0.29) is 5.91 Å². The summed E-state index contributed by atoms with van der Waals surface area (Å²) >= 11 is 0. The fraction of sp³-hybridized carbons (Fsp3) is 0.500. The summed E-state index contributed by atoms with van der Waals surface area (Å²) < 4.78 is 0. The van der Waals surface area contributed by atoms with Crippen molar-refractivity contribution in [1.82, 2.24) is 5.32 Å². The smallest absolute Gasteiger partial charge is 0.251 e. The Balaban J connectivity index is 1.76. The predicted octanol–water partition coefficient (Wildman–Crippen LogP) is 1.76. The molecule has 1 heterocycles. The molecule has 0 atom stereocenters. The van der Waals surface area contributed by atoms with Gasteiger partial charge < -0.3 is 16.0 Å². The molecule has 1 aromatic rings. The Morgan fingerprint density at radius 3 is 2.61 bits per heavy atom. The van der Waals surface area contributed by atoms with E-state index in [2.05, 4.69) is 10.2 Å². The first kappa shape index (κ1) is 11.4. The average Bonchev–Trinajstić information content (AvgIpc) is 3.01. The normalized spacial score (nSPS) is 19.0. The van der Waals surface area contributed by atoms with Crippen molar-refractivity contribution in [3.05, 3.63) is 23.8 Å². The van der Waals surface area contributed by atoms with Crippen LogP contribution in [0.25, 0.3) is 0 Å². The van der Waals surface area contributed by atoms with Crippen molar-refractivity contribution >= 4 is 17.3 Å². The fourth-order valence-corrected chi connectivity index (χ4v) is 2.44. The molecule has 2 fully saturated rings. The number of amides is 1. The molecule has 0 radical (unpaired) electrons.